The van der Waals surface area contributed by atoms with E-state index in [0.29, 0.717) is 12.5 Å². The molecular weight excluding hydrogens is 285 g/mol. The molecule has 1 N–H and O–H groups in total. The van der Waals surface area contributed by atoms with Crippen molar-refractivity contribution >= 4 is 13.8 Å². The van der Waals surface area contributed by atoms with E-state index in [1.54, 1.807) is 0 Å². The van der Waals surface area contributed by atoms with Gasteiger partial charge in [0.2, 0.25) is 5.91 Å². The molecule has 0 aromatic heterocycles. The van der Waals surface area contributed by atoms with Crippen LogP contribution in [-0.2, 0) is 11.3 Å². The number of hydrogen-bond donors (Lipinski definition) is 1. The highest BCUT2D eigenvalue weighted by atomic mass is 16.2. The second kappa shape index (κ2) is 7.06. The van der Waals surface area contributed by atoms with Crippen LogP contribution in [0.5, 0.6) is 0 Å². The Morgan fingerprint density at radius 3 is 2.83 bits per heavy atom. The third kappa shape index (κ3) is 4.15. The summed E-state index contributed by atoms with van der Waals surface area (Å²) < 4.78 is 0. The molecular formula is C18H28BN3O. The molecule has 2 atom stereocenters. The van der Waals surface area contributed by atoms with Gasteiger partial charge in [0.05, 0.1) is 6.54 Å². The topological polar surface area (TPSA) is 35.6 Å². The van der Waals surface area contributed by atoms with E-state index >= 15 is 0 Å². The fourth-order valence-corrected chi connectivity index (χ4v) is 3.87. The molecule has 124 valence electrons. The predicted molar refractivity (Wildman–Crippen MR) is 96.0 cm³/mol. The van der Waals surface area contributed by atoms with Crippen molar-refractivity contribution in [2.75, 3.05) is 26.2 Å². The number of carbonyl (C=O) groups excluding carboxylic acids is 1. The quantitative estimate of drug-likeness (QED) is 0.818. The van der Waals surface area contributed by atoms with Gasteiger partial charge in [-0.05, 0) is 37.7 Å². The fraction of sp³-hybridized carbons (Fsp3) is 0.611. The molecule has 0 bridgehead atoms. The van der Waals surface area contributed by atoms with Crippen molar-refractivity contribution < 1.29 is 4.79 Å². The van der Waals surface area contributed by atoms with Crippen LogP contribution in [0.3, 0.4) is 0 Å². The van der Waals surface area contributed by atoms with Gasteiger partial charge < -0.3 is 10.2 Å². The van der Waals surface area contributed by atoms with E-state index in [1.807, 2.05) is 4.90 Å². The zero-order valence-electron chi connectivity index (χ0n) is 14.4. The summed E-state index contributed by atoms with van der Waals surface area (Å²) >= 11 is 0. The van der Waals surface area contributed by atoms with Gasteiger partial charge in [-0.2, -0.15) is 0 Å². The molecule has 0 spiro atoms. The van der Waals surface area contributed by atoms with E-state index in [1.165, 1.54) is 5.56 Å². The summed E-state index contributed by atoms with van der Waals surface area (Å²) in [5.74, 6) is 0.674. The third-order valence-corrected chi connectivity index (χ3v) is 5.34. The molecule has 0 aliphatic carbocycles. The molecule has 4 nitrogen and oxygen atoms in total. The van der Waals surface area contributed by atoms with E-state index < -0.39 is 0 Å². The molecule has 0 radical (unpaired) electrons. The van der Waals surface area contributed by atoms with E-state index in [2.05, 4.69) is 55.3 Å². The number of likely N-dealkylation sites (tertiary alicyclic amines) is 2. The fourth-order valence-electron chi connectivity index (χ4n) is 3.87. The highest BCUT2D eigenvalue weighted by molar-refractivity contribution is 6.13. The Kier molecular flexibility index (Phi) is 5.07. The lowest BCUT2D eigenvalue weighted by Gasteiger charge is -2.29. The summed E-state index contributed by atoms with van der Waals surface area (Å²) in [4.78, 5) is 16.9. The van der Waals surface area contributed by atoms with Gasteiger partial charge in [-0.1, -0.05) is 30.3 Å². The Labute approximate surface area is 140 Å². The van der Waals surface area contributed by atoms with E-state index in [0.717, 1.165) is 45.4 Å². The molecule has 3 rings (SSSR count). The lowest BCUT2D eigenvalue weighted by molar-refractivity contribution is -0.130. The van der Waals surface area contributed by atoms with E-state index in [4.69, 9.17) is 0 Å². The van der Waals surface area contributed by atoms with Crippen molar-refractivity contribution in [3.05, 3.63) is 35.9 Å². The first kappa shape index (κ1) is 16.5. The molecule has 0 unspecified atom stereocenters. The highest BCUT2D eigenvalue weighted by Gasteiger charge is 2.34. The van der Waals surface area contributed by atoms with Crippen molar-refractivity contribution in [1.29, 1.82) is 0 Å². The standard InChI is InChI=1S/C18H28BN3O/c1-18(20-12-17(23)22-10-5-8-16(22)19)9-11-21(14-18)13-15-6-3-2-4-7-15/h2-4,6-7,16,20H,5,8-14,19H2,1H3/t16-,18-/m0/s1. The van der Waals surface area contributed by atoms with Crippen LogP contribution in [0.25, 0.3) is 0 Å². The summed E-state index contributed by atoms with van der Waals surface area (Å²) in [6.45, 7) is 6.74. The largest absolute Gasteiger partial charge is 0.347 e. The monoisotopic (exact) mass is 313 g/mol. The normalized spacial score (nSPS) is 28.4. The Hall–Kier alpha value is -1.33. The van der Waals surface area contributed by atoms with E-state index in [9.17, 15) is 4.79 Å². The van der Waals surface area contributed by atoms with Crippen LogP contribution in [0.15, 0.2) is 30.3 Å². The molecule has 5 heteroatoms. The number of nitrogens with one attached hydrogen (secondary N) is 1. The maximum atomic E-state index is 12.4. The zero-order chi connectivity index (χ0) is 16.3. The molecule has 1 aromatic carbocycles. The molecule has 2 heterocycles. The minimum Gasteiger partial charge on any atom is -0.347 e. The minimum absolute atomic E-state index is 0.0490. The number of rotatable bonds is 5. The van der Waals surface area contributed by atoms with Gasteiger partial charge in [0.1, 0.15) is 7.85 Å². The van der Waals surface area contributed by atoms with Crippen LogP contribution in [0.4, 0.5) is 0 Å². The van der Waals surface area contributed by atoms with E-state index in [-0.39, 0.29) is 11.4 Å². The molecule has 2 aliphatic heterocycles. The van der Waals surface area contributed by atoms with Gasteiger partial charge >= 0.3 is 0 Å². The Bertz CT molecular complexity index is 538. The third-order valence-electron chi connectivity index (χ3n) is 5.34. The summed E-state index contributed by atoms with van der Waals surface area (Å²) in [6, 6.07) is 10.6. The van der Waals surface area contributed by atoms with Gasteiger partial charge in [0, 0.05) is 31.7 Å². The number of hydrogen-bond acceptors (Lipinski definition) is 3. The van der Waals surface area contributed by atoms with Crippen LogP contribution >= 0.6 is 0 Å². The smallest absolute Gasteiger partial charge is 0.236 e. The van der Waals surface area contributed by atoms with Crippen LogP contribution < -0.4 is 5.32 Å². The zero-order valence-corrected chi connectivity index (χ0v) is 14.4. The first-order valence-electron chi connectivity index (χ1n) is 8.86. The second-order valence-electron chi connectivity index (χ2n) is 7.44. The molecule has 1 amide bonds. The van der Waals surface area contributed by atoms with Crippen LogP contribution in [0, 0.1) is 0 Å². The first-order valence-corrected chi connectivity index (χ1v) is 8.86. The average molecular weight is 313 g/mol. The van der Waals surface area contributed by atoms with Crippen molar-refractivity contribution in [2.24, 2.45) is 0 Å². The SMILES string of the molecule is B[C@@H]1CCCN1C(=O)CN[C@@]1(C)CCN(Cc2ccccc2)C1. The molecule has 23 heavy (non-hydrogen) atoms. The Morgan fingerprint density at radius 2 is 2.13 bits per heavy atom. The molecule has 2 aliphatic rings. The van der Waals surface area contributed by atoms with Gasteiger partial charge in [-0.25, -0.2) is 0 Å². The Balaban J connectivity index is 1.48. The van der Waals surface area contributed by atoms with Crippen molar-refractivity contribution in [3.63, 3.8) is 0 Å². The number of nitrogens with zero attached hydrogens (tertiary/aromatic N) is 2. The molecule has 2 saturated heterocycles. The number of benzene rings is 1. The van der Waals surface area contributed by atoms with Gasteiger partial charge in [0.15, 0.2) is 0 Å². The summed E-state index contributed by atoms with van der Waals surface area (Å²) in [7, 11) is 2.16. The molecule has 2 fully saturated rings. The Morgan fingerprint density at radius 1 is 1.35 bits per heavy atom. The predicted octanol–water partition coefficient (Wildman–Crippen LogP) is 0.822. The van der Waals surface area contributed by atoms with Crippen LogP contribution in [-0.4, -0.2) is 61.2 Å². The molecule has 0 saturated carbocycles. The van der Waals surface area contributed by atoms with Gasteiger partial charge in [-0.3, -0.25) is 9.69 Å². The summed E-state index contributed by atoms with van der Waals surface area (Å²) in [5.41, 5.74) is 1.41. The average Bonchev–Trinajstić information content (AvgIpc) is 3.13. The van der Waals surface area contributed by atoms with Gasteiger partial charge in [-0.15, -0.1) is 0 Å². The highest BCUT2D eigenvalue weighted by Crippen LogP contribution is 2.23. The maximum absolute atomic E-state index is 12.4. The number of carbonyl (C=O) groups is 1. The van der Waals surface area contributed by atoms with Gasteiger partial charge in [0.25, 0.3) is 0 Å². The maximum Gasteiger partial charge on any atom is 0.236 e. The lowest BCUT2D eigenvalue weighted by Crippen LogP contribution is -2.50. The first-order chi connectivity index (χ1) is 11.1. The lowest BCUT2D eigenvalue weighted by atomic mass is 9.94. The number of amides is 1. The van der Waals surface area contributed by atoms with Crippen molar-refractivity contribution in [1.82, 2.24) is 15.1 Å². The minimum atomic E-state index is 0.0490. The van der Waals surface area contributed by atoms with Crippen LogP contribution in [0.2, 0.25) is 0 Å². The molecule has 1 aromatic rings. The van der Waals surface area contributed by atoms with Crippen LogP contribution in [0.1, 0.15) is 31.7 Å². The second-order valence-corrected chi connectivity index (χ2v) is 7.44. The summed E-state index contributed by atoms with van der Waals surface area (Å²) in [6.07, 6.45) is 3.39. The van der Waals surface area contributed by atoms with Crippen molar-refractivity contribution in [2.45, 2.75) is 44.2 Å². The summed E-state index contributed by atoms with van der Waals surface area (Å²) in [5, 5.41) is 3.54. The van der Waals surface area contributed by atoms with Crippen molar-refractivity contribution in [3.8, 4) is 0 Å².